The molecular formula is C15H25BrO2. The Morgan fingerprint density at radius 1 is 1.33 bits per heavy atom. The molecule has 2 saturated carbocycles. The highest BCUT2D eigenvalue weighted by atomic mass is 79.9. The highest BCUT2D eigenvalue weighted by Crippen LogP contribution is 2.42. The molecule has 0 aromatic heterocycles. The van der Waals surface area contributed by atoms with Crippen LogP contribution in [-0.4, -0.2) is 17.4 Å². The molecule has 0 amide bonds. The standard InChI is InChI=1S/C15H25BrO2/c1-9(2)12-5-4-10(3)6-14(12)18-15(17)13-7-11(13)8-16/h9-14H,4-8H2,1-3H3. The molecule has 0 saturated heterocycles. The zero-order chi connectivity index (χ0) is 13.3. The first-order valence-corrected chi connectivity index (χ1v) is 8.41. The Hall–Kier alpha value is -0.0500. The van der Waals surface area contributed by atoms with Gasteiger partial charge in [-0.2, -0.15) is 0 Å². The van der Waals surface area contributed by atoms with Gasteiger partial charge in [0, 0.05) is 5.33 Å². The van der Waals surface area contributed by atoms with Crippen molar-refractivity contribution in [3.05, 3.63) is 0 Å². The fraction of sp³-hybridized carbons (Fsp3) is 0.933. The van der Waals surface area contributed by atoms with E-state index in [9.17, 15) is 4.79 Å². The minimum absolute atomic E-state index is 0.0594. The second kappa shape index (κ2) is 5.94. The molecule has 0 heterocycles. The van der Waals surface area contributed by atoms with Crippen molar-refractivity contribution in [2.45, 2.75) is 52.6 Å². The number of hydrogen-bond acceptors (Lipinski definition) is 2. The Balaban J connectivity index is 1.90. The largest absolute Gasteiger partial charge is 0.462 e. The summed E-state index contributed by atoms with van der Waals surface area (Å²) in [5.74, 6) is 2.63. The maximum absolute atomic E-state index is 12.1. The summed E-state index contributed by atoms with van der Waals surface area (Å²) in [7, 11) is 0. The van der Waals surface area contributed by atoms with Gasteiger partial charge in [-0.05, 0) is 42.9 Å². The highest BCUT2D eigenvalue weighted by molar-refractivity contribution is 9.09. The molecule has 2 fully saturated rings. The topological polar surface area (TPSA) is 26.3 Å². The van der Waals surface area contributed by atoms with E-state index in [1.807, 2.05) is 0 Å². The molecule has 2 aliphatic rings. The molecule has 0 radical (unpaired) electrons. The van der Waals surface area contributed by atoms with Gasteiger partial charge in [-0.15, -0.1) is 0 Å². The zero-order valence-corrected chi connectivity index (χ0v) is 13.3. The van der Waals surface area contributed by atoms with E-state index in [4.69, 9.17) is 4.74 Å². The van der Waals surface area contributed by atoms with E-state index in [-0.39, 0.29) is 18.0 Å². The van der Waals surface area contributed by atoms with Gasteiger partial charge in [0.2, 0.25) is 0 Å². The van der Waals surface area contributed by atoms with Crippen LogP contribution in [0, 0.1) is 29.6 Å². The number of ether oxygens (including phenoxy) is 1. The van der Waals surface area contributed by atoms with Crippen LogP contribution in [0.1, 0.15) is 46.5 Å². The molecule has 104 valence electrons. The summed E-state index contributed by atoms with van der Waals surface area (Å²) in [5, 5.41) is 0.932. The van der Waals surface area contributed by atoms with Gasteiger partial charge in [0.15, 0.2) is 0 Å². The number of esters is 1. The van der Waals surface area contributed by atoms with Crippen molar-refractivity contribution in [3.63, 3.8) is 0 Å². The number of carbonyl (C=O) groups excluding carboxylic acids is 1. The van der Waals surface area contributed by atoms with E-state index in [0.29, 0.717) is 23.7 Å². The monoisotopic (exact) mass is 316 g/mol. The Morgan fingerprint density at radius 3 is 2.61 bits per heavy atom. The summed E-state index contributed by atoms with van der Waals surface area (Å²) >= 11 is 3.45. The zero-order valence-electron chi connectivity index (χ0n) is 11.7. The number of halogens is 1. The Kier molecular flexibility index (Phi) is 4.74. The predicted molar refractivity (Wildman–Crippen MR) is 76.6 cm³/mol. The number of carbonyl (C=O) groups is 1. The first kappa shape index (κ1) is 14.4. The number of hydrogen-bond donors (Lipinski definition) is 0. The van der Waals surface area contributed by atoms with E-state index < -0.39 is 0 Å². The van der Waals surface area contributed by atoms with Gasteiger partial charge >= 0.3 is 5.97 Å². The third kappa shape index (κ3) is 3.28. The average molecular weight is 317 g/mol. The summed E-state index contributed by atoms with van der Waals surface area (Å²) in [6.07, 6.45) is 4.73. The molecular weight excluding hydrogens is 292 g/mol. The van der Waals surface area contributed by atoms with E-state index in [0.717, 1.165) is 18.2 Å². The second-order valence-electron chi connectivity index (χ2n) is 6.56. The molecule has 2 nitrogen and oxygen atoms in total. The quantitative estimate of drug-likeness (QED) is 0.578. The van der Waals surface area contributed by atoms with Crippen LogP contribution in [0.3, 0.4) is 0 Å². The van der Waals surface area contributed by atoms with Crippen LogP contribution in [0.25, 0.3) is 0 Å². The van der Waals surface area contributed by atoms with Crippen molar-refractivity contribution >= 4 is 21.9 Å². The number of alkyl halides is 1. The van der Waals surface area contributed by atoms with Gasteiger partial charge in [-0.25, -0.2) is 0 Å². The third-order valence-corrected chi connectivity index (χ3v) is 5.48. The second-order valence-corrected chi connectivity index (χ2v) is 7.21. The molecule has 5 unspecified atom stereocenters. The van der Waals surface area contributed by atoms with E-state index >= 15 is 0 Å². The van der Waals surface area contributed by atoms with Gasteiger partial charge in [0.1, 0.15) is 6.10 Å². The summed E-state index contributed by atoms with van der Waals surface area (Å²) in [5.41, 5.74) is 0. The summed E-state index contributed by atoms with van der Waals surface area (Å²) in [6.45, 7) is 6.77. The Labute approximate surface area is 119 Å². The van der Waals surface area contributed by atoms with Gasteiger partial charge < -0.3 is 4.74 Å². The normalized spacial score (nSPS) is 39.7. The fourth-order valence-electron chi connectivity index (χ4n) is 3.19. The van der Waals surface area contributed by atoms with Crippen molar-refractivity contribution in [2.75, 3.05) is 5.33 Å². The lowest BCUT2D eigenvalue weighted by atomic mass is 9.75. The molecule has 0 bridgehead atoms. The van der Waals surface area contributed by atoms with E-state index in [2.05, 4.69) is 36.7 Å². The molecule has 5 atom stereocenters. The first-order valence-electron chi connectivity index (χ1n) is 7.29. The summed E-state index contributed by atoms with van der Waals surface area (Å²) in [6, 6.07) is 0. The lowest BCUT2D eigenvalue weighted by molar-refractivity contribution is -0.157. The average Bonchev–Trinajstić information content (AvgIpc) is 3.07. The lowest BCUT2D eigenvalue weighted by Gasteiger charge is -2.36. The van der Waals surface area contributed by atoms with Crippen molar-refractivity contribution in [1.82, 2.24) is 0 Å². The SMILES string of the molecule is CC1CCC(C(C)C)C(OC(=O)C2CC2CBr)C1. The van der Waals surface area contributed by atoms with Crippen LogP contribution in [0.2, 0.25) is 0 Å². The highest BCUT2D eigenvalue weighted by Gasteiger charge is 2.45. The molecule has 18 heavy (non-hydrogen) atoms. The van der Waals surface area contributed by atoms with Gasteiger partial charge in [0.05, 0.1) is 5.92 Å². The smallest absolute Gasteiger partial charge is 0.309 e. The van der Waals surface area contributed by atoms with Crippen LogP contribution in [0.4, 0.5) is 0 Å². The summed E-state index contributed by atoms with van der Waals surface area (Å²) in [4.78, 5) is 12.1. The molecule has 0 spiro atoms. The maximum Gasteiger partial charge on any atom is 0.309 e. The van der Waals surface area contributed by atoms with Crippen molar-refractivity contribution in [3.8, 4) is 0 Å². The minimum atomic E-state index is 0.0594. The number of rotatable bonds is 4. The van der Waals surface area contributed by atoms with Gasteiger partial charge in [-0.1, -0.05) is 43.1 Å². The first-order chi connectivity index (χ1) is 8.52. The third-order valence-electron chi connectivity index (χ3n) is 4.65. The van der Waals surface area contributed by atoms with Crippen molar-refractivity contribution in [1.29, 1.82) is 0 Å². The molecule has 2 aliphatic carbocycles. The van der Waals surface area contributed by atoms with Crippen LogP contribution < -0.4 is 0 Å². The van der Waals surface area contributed by atoms with Gasteiger partial charge in [0.25, 0.3) is 0 Å². The maximum atomic E-state index is 12.1. The molecule has 3 heteroatoms. The summed E-state index contributed by atoms with van der Waals surface area (Å²) < 4.78 is 5.83. The van der Waals surface area contributed by atoms with Crippen LogP contribution in [-0.2, 0) is 9.53 Å². The molecule has 0 N–H and O–H groups in total. The lowest BCUT2D eigenvalue weighted by Crippen LogP contribution is -2.36. The van der Waals surface area contributed by atoms with Crippen molar-refractivity contribution in [2.24, 2.45) is 29.6 Å². The minimum Gasteiger partial charge on any atom is -0.462 e. The van der Waals surface area contributed by atoms with Crippen LogP contribution in [0.15, 0.2) is 0 Å². The van der Waals surface area contributed by atoms with E-state index in [1.54, 1.807) is 0 Å². The molecule has 0 aromatic rings. The molecule has 2 rings (SSSR count). The molecule has 0 aromatic carbocycles. The fourth-order valence-corrected chi connectivity index (χ4v) is 3.91. The van der Waals surface area contributed by atoms with Crippen molar-refractivity contribution < 1.29 is 9.53 Å². The predicted octanol–water partition coefficient (Wildman–Crippen LogP) is 4.02. The van der Waals surface area contributed by atoms with Gasteiger partial charge in [-0.3, -0.25) is 4.79 Å². The van der Waals surface area contributed by atoms with Crippen LogP contribution >= 0.6 is 15.9 Å². The van der Waals surface area contributed by atoms with E-state index in [1.165, 1.54) is 12.8 Å². The van der Waals surface area contributed by atoms with Crippen LogP contribution in [0.5, 0.6) is 0 Å². The molecule has 0 aliphatic heterocycles. The Bertz CT molecular complexity index is 303. The Morgan fingerprint density at radius 2 is 2.06 bits per heavy atom.